The van der Waals surface area contributed by atoms with Gasteiger partial charge in [0.2, 0.25) is 0 Å². The highest BCUT2D eigenvalue weighted by atomic mass is 14.3. The molecule has 0 aliphatic heterocycles. The highest BCUT2D eigenvalue weighted by molar-refractivity contribution is 5.36. The first-order valence-electron chi connectivity index (χ1n) is 8.40. The largest absolute Gasteiger partial charge is 0.0599 e. The highest BCUT2D eigenvalue weighted by Crippen LogP contribution is 2.37. The second-order valence-corrected chi connectivity index (χ2v) is 8.27. The predicted molar refractivity (Wildman–Crippen MR) is 89.4 cm³/mol. The fourth-order valence-electron chi connectivity index (χ4n) is 3.78. The van der Waals surface area contributed by atoms with E-state index in [9.17, 15) is 0 Å². The van der Waals surface area contributed by atoms with Crippen molar-refractivity contribution in [3.05, 3.63) is 34.9 Å². The summed E-state index contributed by atoms with van der Waals surface area (Å²) in [5.74, 6) is 0. The quantitative estimate of drug-likeness (QED) is 0.528. The van der Waals surface area contributed by atoms with Gasteiger partial charge in [0.05, 0.1) is 0 Å². The molecule has 0 aromatic heterocycles. The molecule has 0 bridgehead atoms. The summed E-state index contributed by atoms with van der Waals surface area (Å²) in [5, 5.41) is 0. The maximum atomic E-state index is 2.45. The Balaban J connectivity index is 2.29. The van der Waals surface area contributed by atoms with Crippen molar-refractivity contribution in [2.45, 2.75) is 85.0 Å². The van der Waals surface area contributed by atoms with Crippen LogP contribution in [0.5, 0.6) is 0 Å². The Morgan fingerprint density at radius 1 is 0.850 bits per heavy atom. The van der Waals surface area contributed by atoms with Crippen LogP contribution in [0.1, 0.15) is 82.9 Å². The predicted octanol–water partition coefficient (Wildman–Crippen LogP) is 6.20. The van der Waals surface area contributed by atoms with E-state index in [1.807, 2.05) is 0 Å². The van der Waals surface area contributed by atoms with Gasteiger partial charge < -0.3 is 0 Å². The molecular weight excluding hydrogens is 240 g/mol. The van der Waals surface area contributed by atoms with Gasteiger partial charge in [-0.05, 0) is 61.0 Å². The molecule has 0 spiro atoms. The minimum Gasteiger partial charge on any atom is -0.0599 e. The lowest BCUT2D eigenvalue weighted by Crippen LogP contribution is -2.20. The summed E-state index contributed by atoms with van der Waals surface area (Å²) in [7, 11) is 0. The van der Waals surface area contributed by atoms with E-state index in [-0.39, 0.29) is 0 Å². The van der Waals surface area contributed by atoms with Crippen LogP contribution in [0.3, 0.4) is 0 Å². The molecule has 0 nitrogen and oxygen atoms in total. The summed E-state index contributed by atoms with van der Waals surface area (Å²) in [6.07, 6.45) is 9.40. The molecule has 1 aromatic rings. The van der Waals surface area contributed by atoms with E-state index < -0.39 is 0 Å². The van der Waals surface area contributed by atoms with E-state index >= 15 is 0 Å². The van der Waals surface area contributed by atoms with Gasteiger partial charge in [0.25, 0.3) is 0 Å². The Morgan fingerprint density at radius 3 is 2.30 bits per heavy atom. The number of hydrogen-bond donors (Lipinski definition) is 0. The van der Waals surface area contributed by atoms with Crippen LogP contribution in [-0.4, -0.2) is 0 Å². The Labute approximate surface area is 126 Å². The molecule has 0 heteroatoms. The number of fused-ring (bicyclic) bond motifs is 1. The van der Waals surface area contributed by atoms with Gasteiger partial charge in [-0.1, -0.05) is 64.3 Å². The third-order valence-electron chi connectivity index (χ3n) is 5.19. The fraction of sp³-hybridized carbons (Fsp3) is 0.700. The summed E-state index contributed by atoms with van der Waals surface area (Å²) < 4.78 is 0. The Morgan fingerprint density at radius 2 is 1.55 bits per heavy atom. The van der Waals surface area contributed by atoms with Crippen LogP contribution in [0, 0.1) is 12.3 Å². The van der Waals surface area contributed by atoms with E-state index in [4.69, 9.17) is 0 Å². The van der Waals surface area contributed by atoms with Gasteiger partial charge in [-0.15, -0.1) is 0 Å². The molecule has 0 saturated carbocycles. The molecule has 2 rings (SSSR count). The second-order valence-electron chi connectivity index (χ2n) is 8.27. The first kappa shape index (κ1) is 15.6. The zero-order valence-corrected chi connectivity index (χ0v) is 14.2. The van der Waals surface area contributed by atoms with E-state index in [0.29, 0.717) is 10.8 Å². The highest BCUT2D eigenvalue weighted by Gasteiger charge is 2.26. The van der Waals surface area contributed by atoms with Crippen molar-refractivity contribution >= 4 is 0 Å². The van der Waals surface area contributed by atoms with Crippen molar-refractivity contribution in [2.75, 3.05) is 0 Å². The lowest BCUT2D eigenvalue weighted by molar-refractivity contribution is 0.275. The van der Waals surface area contributed by atoms with Crippen molar-refractivity contribution in [3.63, 3.8) is 0 Å². The van der Waals surface area contributed by atoms with Gasteiger partial charge in [-0.3, -0.25) is 0 Å². The summed E-state index contributed by atoms with van der Waals surface area (Å²) >= 11 is 0. The monoisotopic (exact) mass is 272 g/mol. The second kappa shape index (κ2) is 5.92. The average Bonchev–Trinajstić information content (AvgIpc) is 2.34. The summed E-state index contributed by atoms with van der Waals surface area (Å²) in [6, 6.07) is 7.12. The molecule has 20 heavy (non-hydrogen) atoms. The van der Waals surface area contributed by atoms with Gasteiger partial charge >= 0.3 is 0 Å². The third kappa shape index (κ3) is 3.87. The molecule has 112 valence electrons. The maximum absolute atomic E-state index is 2.45. The first-order chi connectivity index (χ1) is 9.30. The van der Waals surface area contributed by atoms with Gasteiger partial charge in [0.1, 0.15) is 0 Å². The summed E-state index contributed by atoms with van der Waals surface area (Å²) in [4.78, 5) is 0. The first-order valence-corrected chi connectivity index (χ1v) is 8.40. The van der Waals surface area contributed by atoms with Crippen LogP contribution in [0.15, 0.2) is 18.2 Å². The van der Waals surface area contributed by atoms with E-state index in [1.54, 1.807) is 11.1 Å². The van der Waals surface area contributed by atoms with Crippen LogP contribution in [0.4, 0.5) is 0 Å². The minimum atomic E-state index is 0.323. The van der Waals surface area contributed by atoms with E-state index in [1.165, 1.54) is 50.5 Å². The number of rotatable bonds is 0. The number of hydrogen-bond acceptors (Lipinski definition) is 0. The summed E-state index contributed by atoms with van der Waals surface area (Å²) in [5.41, 5.74) is 5.47. The smallest absolute Gasteiger partial charge is 0.0101 e. The van der Waals surface area contributed by atoms with Crippen LogP contribution < -0.4 is 0 Å². The number of aryl methyl sites for hydroxylation is 2. The molecule has 0 saturated heterocycles. The van der Waals surface area contributed by atoms with Crippen LogP contribution in [0.2, 0.25) is 0 Å². The topological polar surface area (TPSA) is 0 Å². The number of benzene rings is 1. The van der Waals surface area contributed by atoms with Crippen molar-refractivity contribution in [1.82, 2.24) is 0 Å². The molecule has 1 aliphatic carbocycles. The normalized spacial score (nSPS) is 22.6. The van der Waals surface area contributed by atoms with Gasteiger partial charge in [0, 0.05) is 0 Å². The molecule has 0 unspecified atom stereocenters. The van der Waals surface area contributed by atoms with Gasteiger partial charge in [-0.25, -0.2) is 0 Å². The molecule has 0 amide bonds. The van der Waals surface area contributed by atoms with Crippen molar-refractivity contribution in [1.29, 1.82) is 0 Å². The molecule has 1 aromatic carbocycles. The molecule has 0 heterocycles. The molecule has 0 N–H and O–H groups in total. The molecule has 0 radical (unpaired) electrons. The zero-order chi connectivity index (χ0) is 14.8. The van der Waals surface area contributed by atoms with Gasteiger partial charge in [-0.2, -0.15) is 0 Å². The molecule has 1 aliphatic rings. The Bertz CT molecular complexity index is 451. The Hall–Kier alpha value is -0.780. The van der Waals surface area contributed by atoms with E-state index in [0.717, 1.165) is 0 Å². The van der Waals surface area contributed by atoms with Crippen LogP contribution in [0.25, 0.3) is 0 Å². The third-order valence-corrected chi connectivity index (χ3v) is 5.19. The SMILES string of the molecule is Cc1ccc2c(c1)CCCCC(C)(C)CCCC2(C)C. The van der Waals surface area contributed by atoms with E-state index in [2.05, 4.69) is 52.8 Å². The standard InChI is InChI=1S/C20H32/c1-16-10-11-18-17(15-16)9-6-7-12-19(2,3)13-8-14-20(18,4)5/h10-11,15H,6-9,12-14H2,1-5H3. The lowest BCUT2D eigenvalue weighted by atomic mass is 9.75. The lowest BCUT2D eigenvalue weighted by Gasteiger charge is -2.30. The zero-order valence-electron chi connectivity index (χ0n) is 14.2. The van der Waals surface area contributed by atoms with Crippen LogP contribution >= 0.6 is 0 Å². The van der Waals surface area contributed by atoms with Crippen molar-refractivity contribution in [3.8, 4) is 0 Å². The Kier molecular flexibility index (Phi) is 4.62. The minimum absolute atomic E-state index is 0.323. The van der Waals surface area contributed by atoms with Crippen molar-refractivity contribution in [2.24, 2.45) is 5.41 Å². The fourth-order valence-corrected chi connectivity index (χ4v) is 3.78. The van der Waals surface area contributed by atoms with Crippen molar-refractivity contribution < 1.29 is 0 Å². The average molecular weight is 272 g/mol. The van der Waals surface area contributed by atoms with Gasteiger partial charge in [0.15, 0.2) is 0 Å². The molecule has 0 fully saturated rings. The van der Waals surface area contributed by atoms with Crippen LogP contribution in [-0.2, 0) is 11.8 Å². The summed E-state index contributed by atoms with van der Waals surface area (Å²) in [6.45, 7) is 12.0. The molecule has 0 atom stereocenters. The molecular formula is C20H32. The maximum Gasteiger partial charge on any atom is -0.0101 e.